The third-order valence-corrected chi connectivity index (χ3v) is 5.48. The fraction of sp³-hybridized carbons (Fsp3) is 0.440. The van der Waals surface area contributed by atoms with Crippen molar-refractivity contribution in [3.05, 3.63) is 65.7 Å². The molecule has 0 aliphatic carbocycles. The minimum Gasteiger partial charge on any atom is -0.465 e. The first-order valence-corrected chi connectivity index (χ1v) is 10.9. The lowest BCUT2D eigenvalue weighted by Gasteiger charge is -2.29. The second-order valence-electron chi connectivity index (χ2n) is 7.47. The van der Waals surface area contributed by atoms with E-state index in [-0.39, 0.29) is 19.1 Å². The summed E-state index contributed by atoms with van der Waals surface area (Å²) in [4.78, 5) is 27.9. The van der Waals surface area contributed by atoms with Gasteiger partial charge in [0.1, 0.15) is 0 Å². The van der Waals surface area contributed by atoms with E-state index in [4.69, 9.17) is 14.2 Å². The first-order chi connectivity index (χ1) is 15.1. The number of carbonyl (C=O) groups excluding carboxylic acids is 2. The third kappa shape index (κ3) is 6.07. The van der Waals surface area contributed by atoms with Crippen LogP contribution in [0.2, 0.25) is 0 Å². The average Bonchev–Trinajstić information content (AvgIpc) is 2.81. The van der Waals surface area contributed by atoms with Crippen molar-refractivity contribution in [2.75, 3.05) is 44.4 Å². The second kappa shape index (κ2) is 11.5. The second-order valence-corrected chi connectivity index (χ2v) is 7.47. The van der Waals surface area contributed by atoms with E-state index in [0.29, 0.717) is 6.42 Å². The number of rotatable bonds is 9. The normalized spacial score (nSPS) is 14.9. The first kappa shape index (κ1) is 22.8. The number of nitrogens with zero attached hydrogens (tertiary/aromatic N) is 1. The molecule has 2 aromatic rings. The monoisotopic (exact) mass is 425 g/mol. The first-order valence-electron chi connectivity index (χ1n) is 10.9. The lowest BCUT2D eigenvalue weighted by Crippen LogP contribution is -2.36. The Labute approximate surface area is 184 Å². The number of morpholine rings is 1. The van der Waals surface area contributed by atoms with Gasteiger partial charge in [-0.25, -0.2) is 0 Å². The van der Waals surface area contributed by atoms with Gasteiger partial charge in [-0.1, -0.05) is 42.5 Å². The number of hydrogen-bond acceptors (Lipinski definition) is 6. The molecule has 6 heteroatoms. The number of esters is 2. The lowest BCUT2D eigenvalue weighted by molar-refractivity contribution is -0.162. The van der Waals surface area contributed by atoms with Crippen LogP contribution in [-0.4, -0.2) is 51.5 Å². The molecule has 31 heavy (non-hydrogen) atoms. The predicted octanol–water partition coefficient (Wildman–Crippen LogP) is 3.59. The molecule has 1 saturated heterocycles. The van der Waals surface area contributed by atoms with E-state index in [0.717, 1.165) is 43.1 Å². The molecule has 0 spiro atoms. The van der Waals surface area contributed by atoms with E-state index in [2.05, 4.69) is 29.2 Å². The summed E-state index contributed by atoms with van der Waals surface area (Å²) in [6, 6.07) is 17.9. The quantitative estimate of drug-likeness (QED) is 0.452. The number of carbonyl (C=O) groups is 2. The zero-order valence-corrected chi connectivity index (χ0v) is 18.3. The summed E-state index contributed by atoms with van der Waals surface area (Å²) in [5, 5.41) is 0. The summed E-state index contributed by atoms with van der Waals surface area (Å²) < 4.78 is 15.9. The molecular formula is C25H31NO5. The summed E-state index contributed by atoms with van der Waals surface area (Å²) in [5.41, 5.74) is 3.10. The highest BCUT2D eigenvalue weighted by Gasteiger charge is 2.38. The molecule has 1 aliphatic rings. The van der Waals surface area contributed by atoms with E-state index in [1.165, 1.54) is 0 Å². The van der Waals surface area contributed by atoms with Crippen molar-refractivity contribution in [2.24, 2.45) is 5.92 Å². The minimum atomic E-state index is -1.01. The van der Waals surface area contributed by atoms with E-state index in [1.54, 1.807) is 13.8 Å². The molecular weight excluding hydrogens is 394 g/mol. The molecule has 0 saturated carbocycles. The van der Waals surface area contributed by atoms with Gasteiger partial charge in [-0.3, -0.25) is 9.59 Å². The highest BCUT2D eigenvalue weighted by atomic mass is 16.6. The Hall–Kier alpha value is -2.86. The minimum absolute atomic E-state index is 0.213. The molecule has 6 nitrogen and oxygen atoms in total. The molecule has 166 valence electrons. The summed E-state index contributed by atoms with van der Waals surface area (Å²) in [6.07, 6.45) is 0.524. The SMILES string of the molecule is CCOC(=O)C(C(=O)OCC)C(Cc1ccc(N2CCOCC2)cc1)c1ccccc1. The van der Waals surface area contributed by atoms with Crippen LogP contribution in [0.4, 0.5) is 5.69 Å². The molecule has 1 atom stereocenters. The Bertz CT molecular complexity index is 813. The van der Waals surface area contributed by atoms with Crippen LogP contribution >= 0.6 is 0 Å². The van der Waals surface area contributed by atoms with E-state index in [1.807, 2.05) is 30.3 Å². The summed E-state index contributed by atoms with van der Waals surface area (Å²) in [7, 11) is 0. The maximum Gasteiger partial charge on any atom is 0.320 e. The maximum absolute atomic E-state index is 12.8. The van der Waals surface area contributed by atoms with E-state index >= 15 is 0 Å². The smallest absolute Gasteiger partial charge is 0.320 e. The molecule has 3 rings (SSSR count). The van der Waals surface area contributed by atoms with Crippen molar-refractivity contribution in [1.29, 1.82) is 0 Å². The van der Waals surface area contributed by atoms with Crippen molar-refractivity contribution in [1.82, 2.24) is 0 Å². The number of benzene rings is 2. The summed E-state index contributed by atoms with van der Waals surface area (Å²) in [6.45, 7) is 7.12. The maximum atomic E-state index is 12.8. The van der Waals surface area contributed by atoms with Gasteiger partial charge in [0.15, 0.2) is 5.92 Å². The van der Waals surface area contributed by atoms with Crippen molar-refractivity contribution in [2.45, 2.75) is 26.2 Å². The molecule has 0 N–H and O–H groups in total. The zero-order chi connectivity index (χ0) is 22.1. The van der Waals surface area contributed by atoms with Gasteiger partial charge in [-0.15, -0.1) is 0 Å². The molecule has 0 amide bonds. The van der Waals surface area contributed by atoms with Gasteiger partial charge < -0.3 is 19.1 Å². The molecule has 0 bridgehead atoms. The number of hydrogen-bond donors (Lipinski definition) is 0. The fourth-order valence-corrected chi connectivity index (χ4v) is 3.94. The predicted molar refractivity (Wildman–Crippen MR) is 119 cm³/mol. The van der Waals surface area contributed by atoms with Gasteiger partial charge in [0.2, 0.25) is 0 Å². The van der Waals surface area contributed by atoms with Gasteiger partial charge in [0, 0.05) is 24.7 Å². The van der Waals surface area contributed by atoms with Crippen molar-refractivity contribution in [3.8, 4) is 0 Å². The zero-order valence-electron chi connectivity index (χ0n) is 18.3. The summed E-state index contributed by atoms with van der Waals surface area (Å²) in [5.74, 6) is -2.48. The van der Waals surface area contributed by atoms with Gasteiger partial charge in [-0.2, -0.15) is 0 Å². The molecule has 1 aliphatic heterocycles. The topological polar surface area (TPSA) is 65.1 Å². The van der Waals surface area contributed by atoms with Crippen LogP contribution in [0.1, 0.15) is 30.9 Å². The van der Waals surface area contributed by atoms with Gasteiger partial charge in [0.05, 0.1) is 26.4 Å². The molecule has 0 aromatic heterocycles. The van der Waals surface area contributed by atoms with Gasteiger partial charge in [0.25, 0.3) is 0 Å². The Morgan fingerprint density at radius 3 is 2.03 bits per heavy atom. The fourth-order valence-electron chi connectivity index (χ4n) is 3.94. The van der Waals surface area contributed by atoms with Crippen LogP contribution in [0.3, 0.4) is 0 Å². The highest BCUT2D eigenvalue weighted by Crippen LogP contribution is 2.32. The van der Waals surface area contributed by atoms with E-state index < -0.39 is 17.9 Å². The Morgan fingerprint density at radius 2 is 1.48 bits per heavy atom. The average molecular weight is 426 g/mol. The number of ether oxygens (including phenoxy) is 3. The van der Waals surface area contributed by atoms with Crippen LogP contribution in [0, 0.1) is 5.92 Å². The van der Waals surface area contributed by atoms with Crippen LogP contribution in [0.15, 0.2) is 54.6 Å². The van der Waals surface area contributed by atoms with Crippen molar-refractivity contribution in [3.63, 3.8) is 0 Å². The Morgan fingerprint density at radius 1 is 0.903 bits per heavy atom. The Balaban J connectivity index is 1.87. The van der Waals surface area contributed by atoms with Crippen LogP contribution in [0.25, 0.3) is 0 Å². The highest BCUT2D eigenvalue weighted by molar-refractivity contribution is 5.96. The van der Waals surface area contributed by atoms with Gasteiger partial charge in [-0.05, 0) is 43.5 Å². The number of anilines is 1. The third-order valence-electron chi connectivity index (χ3n) is 5.48. The van der Waals surface area contributed by atoms with Gasteiger partial charge >= 0.3 is 11.9 Å². The van der Waals surface area contributed by atoms with Crippen LogP contribution < -0.4 is 4.90 Å². The lowest BCUT2D eigenvalue weighted by atomic mass is 9.81. The molecule has 0 radical (unpaired) electrons. The van der Waals surface area contributed by atoms with Crippen molar-refractivity contribution < 1.29 is 23.8 Å². The molecule has 1 fully saturated rings. The van der Waals surface area contributed by atoms with E-state index in [9.17, 15) is 9.59 Å². The molecule has 2 aromatic carbocycles. The largest absolute Gasteiger partial charge is 0.465 e. The Kier molecular flexibility index (Phi) is 8.47. The van der Waals surface area contributed by atoms with Crippen LogP contribution in [0.5, 0.6) is 0 Å². The van der Waals surface area contributed by atoms with Crippen LogP contribution in [-0.2, 0) is 30.2 Å². The molecule has 1 unspecified atom stereocenters. The van der Waals surface area contributed by atoms with Crippen molar-refractivity contribution >= 4 is 17.6 Å². The molecule has 1 heterocycles. The summed E-state index contributed by atoms with van der Waals surface area (Å²) >= 11 is 0. The standard InChI is InChI=1S/C25H31NO5/c1-3-30-24(27)23(25(28)31-4-2)22(20-8-6-5-7-9-20)18-19-10-12-21(13-11-19)26-14-16-29-17-15-26/h5-13,22-23H,3-4,14-18H2,1-2H3.